The van der Waals surface area contributed by atoms with Crippen LogP contribution >= 0.6 is 15.9 Å². The van der Waals surface area contributed by atoms with E-state index in [2.05, 4.69) is 48.0 Å². The van der Waals surface area contributed by atoms with Gasteiger partial charge in [-0.1, -0.05) is 41.9 Å². The smallest absolute Gasteiger partial charge is 0.0669 e. The standard InChI is InChI=1S/C14H16BrNO/c1-10(2)13(7-16)14(8-17-9-14)11-3-5-12(15)6-4-11/h3-6,10,13H,8-9H2,1-2H3. The van der Waals surface area contributed by atoms with Crippen molar-refractivity contribution in [2.75, 3.05) is 13.2 Å². The van der Waals surface area contributed by atoms with E-state index in [4.69, 9.17) is 4.74 Å². The lowest BCUT2D eigenvalue weighted by molar-refractivity contribution is -0.0876. The maximum absolute atomic E-state index is 9.40. The van der Waals surface area contributed by atoms with Crippen molar-refractivity contribution in [3.05, 3.63) is 34.3 Å². The average molecular weight is 294 g/mol. The minimum atomic E-state index is -0.108. The minimum absolute atomic E-state index is 0.0115. The molecule has 0 aliphatic carbocycles. The molecule has 0 amide bonds. The number of hydrogen-bond donors (Lipinski definition) is 0. The molecule has 1 aromatic carbocycles. The zero-order valence-electron chi connectivity index (χ0n) is 10.1. The monoisotopic (exact) mass is 293 g/mol. The van der Waals surface area contributed by atoms with Gasteiger partial charge in [-0.15, -0.1) is 0 Å². The highest BCUT2D eigenvalue weighted by molar-refractivity contribution is 9.10. The van der Waals surface area contributed by atoms with Crippen molar-refractivity contribution in [2.24, 2.45) is 11.8 Å². The van der Waals surface area contributed by atoms with E-state index in [1.54, 1.807) is 0 Å². The summed E-state index contributed by atoms with van der Waals surface area (Å²) >= 11 is 3.44. The second-order valence-corrected chi connectivity index (χ2v) is 5.92. The Kier molecular flexibility index (Phi) is 3.56. The highest BCUT2D eigenvalue weighted by atomic mass is 79.9. The summed E-state index contributed by atoms with van der Waals surface area (Å²) in [4.78, 5) is 0. The fourth-order valence-electron chi connectivity index (χ4n) is 2.54. The Balaban J connectivity index is 2.38. The lowest BCUT2D eigenvalue weighted by Gasteiger charge is -2.46. The number of rotatable bonds is 3. The van der Waals surface area contributed by atoms with Crippen molar-refractivity contribution in [1.29, 1.82) is 5.26 Å². The average Bonchev–Trinajstić information content (AvgIpc) is 2.24. The number of halogens is 1. The molecule has 2 nitrogen and oxygen atoms in total. The van der Waals surface area contributed by atoms with Gasteiger partial charge in [-0.2, -0.15) is 5.26 Å². The van der Waals surface area contributed by atoms with E-state index in [-0.39, 0.29) is 11.3 Å². The molecule has 0 radical (unpaired) electrons. The van der Waals surface area contributed by atoms with Gasteiger partial charge in [0.15, 0.2) is 0 Å². The Morgan fingerprint density at radius 3 is 2.24 bits per heavy atom. The van der Waals surface area contributed by atoms with Gasteiger partial charge in [-0.3, -0.25) is 0 Å². The van der Waals surface area contributed by atoms with Crippen molar-refractivity contribution in [1.82, 2.24) is 0 Å². The summed E-state index contributed by atoms with van der Waals surface area (Å²) in [5.74, 6) is 0.352. The topological polar surface area (TPSA) is 33.0 Å². The van der Waals surface area contributed by atoms with Gasteiger partial charge in [0.1, 0.15) is 0 Å². The normalized spacial score (nSPS) is 19.5. The Morgan fingerprint density at radius 2 is 1.88 bits per heavy atom. The third kappa shape index (κ3) is 2.12. The molecule has 0 N–H and O–H groups in total. The first-order chi connectivity index (χ1) is 8.10. The summed E-state index contributed by atoms with van der Waals surface area (Å²) in [6.45, 7) is 5.52. The van der Waals surface area contributed by atoms with Crippen LogP contribution in [0.1, 0.15) is 19.4 Å². The Hall–Kier alpha value is -0.850. The van der Waals surface area contributed by atoms with Gasteiger partial charge in [0.25, 0.3) is 0 Å². The zero-order valence-corrected chi connectivity index (χ0v) is 11.7. The molecule has 0 bridgehead atoms. The molecule has 3 heteroatoms. The first-order valence-corrected chi connectivity index (χ1v) is 6.63. The van der Waals surface area contributed by atoms with E-state index in [1.807, 2.05) is 12.1 Å². The van der Waals surface area contributed by atoms with Gasteiger partial charge >= 0.3 is 0 Å². The molecule has 17 heavy (non-hydrogen) atoms. The van der Waals surface area contributed by atoms with Gasteiger partial charge in [0.2, 0.25) is 0 Å². The third-order valence-electron chi connectivity index (χ3n) is 3.54. The molecule has 0 saturated carbocycles. The predicted octanol–water partition coefficient (Wildman–Crippen LogP) is 3.51. The Bertz CT molecular complexity index is 429. The summed E-state index contributed by atoms with van der Waals surface area (Å²) in [5, 5.41) is 9.40. The van der Waals surface area contributed by atoms with Crippen LogP contribution in [0.4, 0.5) is 0 Å². The molecule has 90 valence electrons. The first-order valence-electron chi connectivity index (χ1n) is 5.83. The second kappa shape index (κ2) is 4.80. The molecule has 1 unspecified atom stereocenters. The molecular weight excluding hydrogens is 278 g/mol. The fraction of sp³-hybridized carbons (Fsp3) is 0.500. The molecule has 1 heterocycles. The van der Waals surface area contributed by atoms with E-state index in [0.29, 0.717) is 19.1 Å². The molecule has 1 aliphatic rings. The largest absolute Gasteiger partial charge is 0.379 e. The van der Waals surface area contributed by atoms with Crippen LogP contribution < -0.4 is 0 Å². The second-order valence-electron chi connectivity index (χ2n) is 5.01. The van der Waals surface area contributed by atoms with E-state index >= 15 is 0 Å². The van der Waals surface area contributed by atoms with Crippen LogP contribution in [0.5, 0.6) is 0 Å². The molecule has 1 aliphatic heterocycles. The number of nitrogens with zero attached hydrogens (tertiary/aromatic N) is 1. The maximum Gasteiger partial charge on any atom is 0.0669 e. The van der Waals surface area contributed by atoms with Crippen LogP contribution in [0.3, 0.4) is 0 Å². The number of ether oxygens (including phenoxy) is 1. The minimum Gasteiger partial charge on any atom is -0.379 e. The van der Waals surface area contributed by atoms with Crippen molar-refractivity contribution in [3.63, 3.8) is 0 Å². The molecule has 1 atom stereocenters. The highest BCUT2D eigenvalue weighted by Gasteiger charge is 2.48. The van der Waals surface area contributed by atoms with Gasteiger partial charge < -0.3 is 4.74 Å². The van der Waals surface area contributed by atoms with Gasteiger partial charge in [0.05, 0.1) is 30.6 Å². The van der Waals surface area contributed by atoms with Crippen LogP contribution in [0, 0.1) is 23.2 Å². The Labute approximate surface area is 111 Å². The molecular formula is C14H16BrNO. The lowest BCUT2D eigenvalue weighted by atomic mass is 9.65. The number of benzene rings is 1. The maximum atomic E-state index is 9.40. The quantitative estimate of drug-likeness (QED) is 0.854. The summed E-state index contributed by atoms with van der Waals surface area (Å²) in [7, 11) is 0. The zero-order chi connectivity index (χ0) is 12.5. The van der Waals surface area contributed by atoms with Crippen LogP contribution in [0.2, 0.25) is 0 Å². The number of nitriles is 1. The summed E-state index contributed by atoms with van der Waals surface area (Å²) in [6.07, 6.45) is 0. The molecule has 1 aromatic rings. The van der Waals surface area contributed by atoms with Crippen LogP contribution in [-0.2, 0) is 10.2 Å². The predicted molar refractivity (Wildman–Crippen MR) is 70.6 cm³/mol. The third-order valence-corrected chi connectivity index (χ3v) is 4.07. The van der Waals surface area contributed by atoms with E-state index < -0.39 is 0 Å². The first kappa shape index (κ1) is 12.6. The van der Waals surface area contributed by atoms with E-state index in [9.17, 15) is 5.26 Å². The molecule has 1 saturated heterocycles. The summed E-state index contributed by atoms with van der Waals surface area (Å²) < 4.78 is 6.46. The SMILES string of the molecule is CC(C)C(C#N)C1(c2ccc(Br)cc2)COC1. The molecule has 2 rings (SSSR count). The van der Waals surface area contributed by atoms with E-state index in [0.717, 1.165) is 4.47 Å². The van der Waals surface area contributed by atoms with E-state index in [1.165, 1.54) is 5.56 Å². The van der Waals surface area contributed by atoms with Gasteiger partial charge in [-0.05, 0) is 23.6 Å². The van der Waals surface area contributed by atoms with Crippen molar-refractivity contribution in [2.45, 2.75) is 19.3 Å². The Morgan fingerprint density at radius 1 is 1.29 bits per heavy atom. The van der Waals surface area contributed by atoms with Crippen LogP contribution in [0.15, 0.2) is 28.7 Å². The van der Waals surface area contributed by atoms with Crippen LogP contribution in [0.25, 0.3) is 0 Å². The summed E-state index contributed by atoms with van der Waals surface area (Å²) in [6, 6.07) is 10.7. The van der Waals surface area contributed by atoms with Gasteiger partial charge in [-0.25, -0.2) is 0 Å². The van der Waals surface area contributed by atoms with Crippen LogP contribution in [-0.4, -0.2) is 13.2 Å². The molecule has 0 spiro atoms. The highest BCUT2D eigenvalue weighted by Crippen LogP contribution is 2.42. The summed E-state index contributed by atoms with van der Waals surface area (Å²) in [5.41, 5.74) is 1.11. The molecule has 0 aromatic heterocycles. The fourth-order valence-corrected chi connectivity index (χ4v) is 2.80. The van der Waals surface area contributed by atoms with Crippen molar-refractivity contribution >= 4 is 15.9 Å². The van der Waals surface area contributed by atoms with Crippen molar-refractivity contribution < 1.29 is 4.74 Å². The van der Waals surface area contributed by atoms with Gasteiger partial charge in [0, 0.05) is 4.47 Å². The van der Waals surface area contributed by atoms with Crippen molar-refractivity contribution in [3.8, 4) is 6.07 Å². The number of hydrogen-bond acceptors (Lipinski definition) is 2. The lowest BCUT2D eigenvalue weighted by Crippen LogP contribution is -2.53. The molecule has 1 fully saturated rings.